The van der Waals surface area contributed by atoms with Gasteiger partial charge in [-0.1, -0.05) is 13.0 Å². The topological polar surface area (TPSA) is 54.0 Å². The van der Waals surface area contributed by atoms with Gasteiger partial charge in [0.05, 0.1) is 11.9 Å². The smallest absolute Gasteiger partial charge is 0.256 e. The maximum absolute atomic E-state index is 13.0. The third kappa shape index (κ3) is 3.78. The molecule has 0 saturated heterocycles. The van der Waals surface area contributed by atoms with Crippen molar-refractivity contribution in [3.8, 4) is 0 Å². The molecular formula is C15H16FN3O. The molecule has 20 heavy (non-hydrogen) atoms. The van der Waals surface area contributed by atoms with Crippen LogP contribution in [-0.2, 0) is 0 Å². The molecule has 0 fully saturated rings. The highest BCUT2D eigenvalue weighted by Crippen LogP contribution is 2.11. The second-order valence-corrected chi connectivity index (χ2v) is 4.32. The number of carbonyl (C=O) groups is 1. The van der Waals surface area contributed by atoms with Crippen molar-refractivity contribution in [3.63, 3.8) is 0 Å². The molecule has 0 atom stereocenters. The van der Waals surface area contributed by atoms with Crippen molar-refractivity contribution in [2.75, 3.05) is 17.2 Å². The number of rotatable bonds is 5. The predicted octanol–water partition coefficient (Wildman–Crippen LogP) is 3.29. The number of halogens is 1. The monoisotopic (exact) mass is 273 g/mol. The average molecular weight is 273 g/mol. The predicted molar refractivity (Wildman–Crippen MR) is 77.4 cm³/mol. The van der Waals surface area contributed by atoms with E-state index >= 15 is 0 Å². The van der Waals surface area contributed by atoms with Crippen molar-refractivity contribution in [1.29, 1.82) is 0 Å². The Hall–Kier alpha value is -2.43. The van der Waals surface area contributed by atoms with Crippen molar-refractivity contribution in [2.45, 2.75) is 13.3 Å². The molecule has 1 amide bonds. The molecule has 0 saturated carbocycles. The Morgan fingerprint density at radius 3 is 2.80 bits per heavy atom. The van der Waals surface area contributed by atoms with Gasteiger partial charge in [0.2, 0.25) is 0 Å². The first kappa shape index (κ1) is 14.0. The fraction of sp³-hybridized carbons (Fsp3) is 0.200. The largest absolute Gasteiger partial charge is 0.384 e. The molecule has 4 nitrogen and oxygen atoms in total. The molecule has 2 aromatic rings. The van der Waals surface area contributed by atoms with Crippen molar-refractivity contribution in [3.05, 3.63) is 54.0 Å². The molecule has 1 aromatic heterocycles. The number of amides is 1. The van der Waals surface area contributed by atoms with Gasteiger partial charge in [0.25, 0.3) is 5.91 Å². The summed E-state index contributed by atoms with van der Waals surface area (Å²) in [7, 11) is 0. The molecule has 2 rings (SSSR count). The van der Waals surface area contributed by atoms with E-state index in [1.807, 2.05) is 6.07 Å². The number of carbonyl (C=O) groups excluding carboxylic acids is 1. The molecule has 0 aliphatic carbocycles. The second kappa shape index (κ2) is 6.65. The fourth-order valence-corrected chi connectivity index (χ4v) is 1.66. The molecule has 0 bridgehead atoms. The Balaban J connectivity index is 2.01. The first-order chi connectivity index (χ1) is 9.69. The summed E-state index contributed by atoms with van der Waals surface area (Å²) < 4.78 is 13.0. The Labute approximate surface area is 117 Å². The van der Waals surface area contributed by atoms with Gasteiger partial charge < -0.3 is 10.6 Å². The van der Waals surface area contributed by atoms with E-state index < -0.39 is 5.82 Å². The maximum atomic E-state index is 13.0. The lowest BCUT2D eigenvalue weighted by Gasteiger charge is -2.07. The lowest BCUT2D eigenvalue weighted by atomic mass is 10.2. The highest BCUT2D eigenvalue weighted by Gasteiger charge is 2.07. The average Bonchev–Trinajstić information content (AvgIpc) is 2.46. The van der Waals surface area contributed by atoms with E-state index in [-0.39, 0.29) is 11.5 Å². The molecule has 0 spiro atoms. The van der Waals surface area contributed by atoms with Crippen LogP contribution in [0, 0.1) is 5.82 Å². The molecular weight excluding hydrogens is 257 g/mol. The lowest BCUT2D eigenvalue weighted by molar-refractivity contribution is 0.102. The minimum atomic E-state index is -0.440. The Bertz CT molecular complexity index is 584. The zero-order chi connectivity index (χ0) is 14.4. The first-order valence-corrected chi connectivity index (χ1v) is 6.46. The van der Waals surface area contributed by atoms with Gasteiger partial charge in [0, 0.05) is 12.1 Å². The summed E-state index contributed by atoms with van der Waals surface area (Å²) in [5, 5.41) is 5.81. The van der Waals surface area contributed by atoms with Crippen LogP contribution in [0.4, 0.5) is 15.9 Å². The van der Waals surface area contributed by atoms with Crippen LogP contribution < -0.4 is 10.6 Å². The highest BCUT2D eigenvalue weighted by atomic mass is 19.1. The number of nitrogens with one attached hydrogen (secondary N) is 2. The van der Waals surface area contributed by atoms with Gasteiger partial charge in [-0.2, -0.15) is 0 Å². The van der Waals surface area contributed by atoms with E-state index in [1.54, 1.807) is 18.3 Å². The number of nitrogens with zero attached hydrogens (tertiary/aromatic N) is 1. The number of anilines is 2. The van der Waals surface area contributed by atoms with Gasteiger partial charge in [-0.05, 0) is 36.8 Å². The van der Waals surface area contributed by atoms with E-state index in [4.69, 9.17) is 0 Å². The van der Waals surface area contributed by atoms with Crippen molar-refractivity contribution < 1.29 is 9.18 Å². The van der Waals surface area contributed by atoms with Crippen molar-refractivity contribution in [1.82, 2.24) is 4.98 Å². The molecule has 104 valence electrons. The summed E-state index contributed by atoms with van der Waals surface area (Å²) in [4.78, 5) is 16.0. The van der Waals surface area contributed by atoms with Crippen LogP contribution in [0.25, 0.3) is 0 Å². The summed E-state index contributed by atoms with van der Waals surface area (Å²) in [5.74, 6) is -0.391. The van der Waals surface area contributed by atoms with Crippen molar-refractivity contribution in [2.24, 2.45) is 0 Å². The van der Waals surface area contributed by atoms with Crippen LogP contribution in [0.15, 0.2) is 42.6 Å². The Morgan fingerprint density at radius 2 is 2.15 bits per heavy atom. The summed E-state index contributed by atoms with van der Waals surface area (Å²) in [6, 6.07) is 9.07. The minimum Gasteiger partial charge on any atom is -0.384 e. The summed E-state index contributed by atoms with van der Waals surface area (Å²) in [5.41, 5.74) is 1.16. The zero-order valence-electron chi connectivity index (χ0n) is 11.2. The lowest BCUT2D eigenvalue weighted by Crippen LogP contribution is -2.13. The normalized spacial score (nSPS) is 10.1. The number of pyridine rings is 1. The number of hydrogen-bond acceptors (Lipinski definition) is 3. The molecule has 5 heteroatoms. The van der Waals surface area contributed by atoms with Gasteiger partial charge in [-0.15, -0.1) is 0 Å². The standard InChI is InChI=1S/C15H16FN3O/c1-2-8-17-13-6-7-14(18-10-13)19-15(20)11-4-3-5-12(16)9-11/h3-7,9-10,17H,2,8H2,1H3,(H,18,19,20). The van der Waals surface area contributed by atoms with E-state index in [1.165, 1.54) is 18.2 Å². The highest BCUT2D eigenvalue weighted by molar-refractivity contribution is 6.03. The van der Waals surface area contributed by atoms with Crippen LogP contribution in [0.5, 0.6) is 0 Å². The van der Waals surface area contributed by atoms with Gasteiger partial charge in [-0.25, -0.2) is 9.37 Å². The minimum absolute atomic E-state index is 0.264. The molecule has 0 aliphatic rings. The Kier molecular flexibility index (Phi) is 4.65. The van der Waals surface area contributed by atoms with Gasteiger partial charge in [0.15, 0.2) is 0 Å². The molecule has 1 aromatic carbocycles. The van der Waals surface area contributed by atoms with E-state index in [9.17, 15) is 9.18 Å². The van der Waals surface area contributed by atoms with Crippen LogP contribution in [0.1, 0.15) is 23.7 Å². The molecule has 0 radical (unpaired) electrons. The number of benzene rings is 1. The number of aromatic nitrogens is 1. The van der Waals surface area contributed by atoms with E-state index in [0.717, 1.165) is 18.7 Å². The van der Waals surface area contributed by atoms with Gasteiger partial charge in [-0.3, -0.25) is 4.79 Å². The molecule has 2 N–H and O–H groups in total. The van der Waals surface area contributed by atoms with E-state index in [0.29, 0.717) is 5.82 Å². The van der Waals surface area contributed by atoms with Gasteiger partial charge >= 0.3 is 0 Å². The SMILES string of the molecule is CCCNc1ccc(NC(=O)c2cccc(F)c2)nc1. The summed E-state index contributed by atoms with van der Waals surface area (Å²) in [6.07, 6.45) is 2.68. The molecule has 1 heterocycles. The van der Waals surface area contributed by atoms with Gasteiger partial charge in [0.1, 0.15) is 11.6 Å². The zero-order valence-corrected chi connectivity index (χ0v) is 11.2. The van der Waals surface area contributed by atoms with Crippen LogP contribution in [0.3, 0.4) is 0 Å². The third-order valence-corrected chi connectivity index (χ3v) is 2.67. The van der Waals surface area contributed by atoms with E-state index in [2.05, 4.69) is 22.5 Å². The van der Waals surface area contributed by atoms with Crippen LogP contribution >= 0.6 is 0 Å². The summed E-state index contributed by atoms with van der Waals surface area (Å²) >= 11 is 0. The summed E-state index contributed by atoms with van der Waals surface area (Å²) in [6.45, 7) is 2.95. The molecule has 0 unspecified atom stereocenters. The first-order valence-electron chi connectivity index (χ1n) is 6.46. The third-order valence-electron chi connectivity index (χ3n) is 2.67. The van der Waals surface area contributed by atoms with Crippen molar-refractivity contribution >= 4 is 17.4 Å². The molecule has 0 aliphatic heterocycles. The number of hydrogen-bond donors (Lipinski definition) is 2. The Morgan fingerprint density at radius 1 is 1.30 bits per heavy atom. The second-order valence-electron chi connectivity index (χ2n) is 4.32. The van der Waals surface area contributed by atoms with Crippen LogP contribution in [0.2, 0.25) is 0 Å². The quantitative estimate of drug-likeness (QED) is 0.879. The maximum Gasteiger partial charge on any atom is 0.256 e. The fourth-order valence-electron chi connectivity index (χ4n) is 1.66. The van der Waals surface area contributed by atoms with Crippen LogP contribution in [-0.4, -0.2) is 17.4 Å².